The van der Waals surface area contributed by atoms with Crippen LogP contribution in [0, 0.1) is 5.92 Å². The first-order valence-corrected chi connectivity index (χ1v) is 11.0. The van der Waals surface area contributed by atoms with Crippen LogP contribution in [0.2, 0.25) is 5.02 Å². The van der Waals surface area contributed by atoms with E-state index in [4.69, 9.17) is 11.6 Å². The van der Waals surface area contributed by atoms with E-state index in [0.29, 0.717) is 23.9 Å². The van der Waals surface area contributed by atoms with E-state index in [1.807, 2.05) is 24.3 Å². The van der Waals surface area contributed by atoms with E-state index < -0.39 is 0 Å². The standard InChI is InChI=1S/C24H30ClN3O2/c1-17(2)28-15-13-19(14-16-28)24(30)27-22-6-4-3-5-18(22)7-12-23(29)26-21-10-8-20(25)9-11-21/h3-6,8-11,17,19H,7,12-16H2,1-2H3,(H,26,29)(H,27,30). The number of likely N-dealkylation sites (tertiary alicyclic amines) is 1. The van der Waals surface area contributed by atoms with Gasteiger partial charge < -0.3 is 15.5 Å². The van der Waals surface area contributed by atoms with Crippen molar-refractivity contribution in [2.24, 2.45) is 5.92 Å². The fraction of sp³-hybridized carbons (Fsp3) is 0.417. The summed E-state index contributed by atoms with van der Waals surface area (Å²) in [5, 5.41) is 6.61. The molecule has 0 spiro atoms. The molecule has 6 heteroatoms. The topological polar surface area (TPSA) is 61.4 Å². The molecule has 2 N–H and O–H groups in total. The van der Waals surface area contributed by atoms with Crippen molar-refractivity contribution in [3.05, 3.63) is 59.1 Å². The molecule has 0 radical (unpaired) electrons. The Bertz CT molecular complexity index is 859. The third-order valence-electron chi connectivity index (χ3n) is 5.66. The number of nitrogens with zero attached hydrogens (tertiary/aromatic N) is 1. The van der Waals surface area contributed by atoms with Gasteiger partial charge in [0.1, 0.15) is 0 Å². The van der Waals surface area contributed by atoms with Crippen LogP contribution < -0.4 is 10.6 Å². The number of anilines is 2. The molecule has 0 bridgehead atoms. The van der Waals surface area contributed by atoms with Crippen molar-refractivity contribution in [3.63, 3.8) is 0 Å². The third-order valence-corrected chi connectivity index (χ3v) is 5.91. The van der Waals surface area contributed by atoms with E-state index >= 15 is 0 Å². The summed E-state index contributed by atoms with van der Waals surface area (Å²) >= 11 is 5.88. The number of piperidine rings is 1. The lowest BCUT2D eigenvalue weighted by Crippen LogP contribution is -2.41. The predicted octanol–water partition coefficient (Wildman–Crippen LogP) is 4.97. The van der Waals surface area contributed by atoms with Crippen molar-refractivity contribution in [2.75, 3.05) is 23.7 Å². The predicted molar refractivity (Wildman–Crippen MR) is 123 cm³/mol. The summed E-state index contributed by atoms with van der Waals surface area (Å²) in [6, 6.07) is 15.3. The molecule has 2 amide bonds. The van der Waals surface area contributed by atoms with Gasteiger partial charge >= 0.3 is 0 Å². The van der Waals surface area contributed by atoms with Crippen LogP contribution >= 0.6 is 11.6 Å². The number of hydrogen-bond acceptors (Lipinski definition) is 3. The molecule has 0 aromatic heterocycles. The monoisotopic (exact) mass is 427 g/mol. The molecule has 0 unspecified atom stereocenters. The van der Waals surface area contributed by atoms with E-state index in [2.05, 4.69) is 29.4 Å². The van der Waals surface area contributed by atoms with E-state index in [1.54, 1.807) is 24.3 Å². The minimum Gasteiger partial charge on any atom is -0.326 e. The van der Waals surface area contributed by atoms with Gasteiger partial charge in [0.15, 0.2) is 0 Å². The van der Waals surface area contributed by atoms with E-state index in [-0.39, 0.29) is 17.7 Å². The van der Waals surface area contributed by atoms with Gasteiger partial charge in [-0.2, -0.15) is 0 Å². The number of aryl methyl sites for hydroxylation is 1. The second kappa shape index (κ2) is 10.6. The van der Waals surface area contributed by atoms with Gasteiger partial charge in [-0.1, -0.05) is 29.8 Å². The normalized spacial score (nSPS) is 15.2. The van der Waals surface area contributed by atoms with Crippen LogP contribution in [0.15, 0.2) is 48.5 Å². The summed E-state index contributed by atoms with van der Waals surface area (Å²) in [7, 11) is 0. The van der Waals surface area contributed by atoms with Gasteiger partial charge in [-0.15, -0.1) is 0 Å². The van der Waals surface area contributed by atoms with Gasteiger partial charge in [-0.05, 0) is 82.1 Å². The highest BCUT2D eigenvalue weighted by Crippen LogP contribution is 2.23. The average molecular weight is 428 g/mol. The summed E-state index contributed by atoms with van der Waals surface area (Å²) < 4.78 is 0. The Labute approximate surface area is 183 Å². The quantitative estimate of drug-likeness (QED) is 0.655. The zero-order valence-electron chi connectivity index (χ0n) is 17.7. The van der Waals surface area contributed by atoms with Crippen LogP contribution in [0.5, 0.6) is 0 Å². The fourth-order valence-corrected chi connectivity index (χ4v) is 3.90. The summed E-state index contributed by atoms with van der Waals surface area (Å²) in [6.45, 7) is 6.31. The highest BCUT2D eigenvalue weighted by molar-refractivity contribution is 6.30. The molecule has 2 aromatic carbocycles. The van der Waals surface area contributed by atoms with E-state index in [9.17, 15) is 9.59 Å². The van der Waals surface area contributed by atoms with Crippen molar-refractivity contribution in [3.8, 4) is 0 Å². The Hall–Kier alpha value is -2.37. The third kappa shape index (κ3) is 6.31. The molecule has 1 saturated heterocycles. The number of halogens is 1. The summed E-state index contributed by atoms with van der Waals surface area (Å²) in [5.74, 6) is 0.0530. The lowest BCUT2D eigenvalue weighted by Gasteiger charge is -2.34. The maximum Gasteiger partial charge on any atom is 0.227 e. The number of carbonyl (C=O) groups is 2. The van der Waals surface area contributed by atoms with Crippen molar-refractivity contribution in [1.82, 2.24) is 4.90 Å². The Balaban J connectivity index is 1.53. The lowest BCUT2D eigenvalue weighted by molar-refractivity contribution is -0.121. The number of para-hydroxylation sites is 1. The van der Waals surface area contributed by atoms with E-state index in [0.717, 1.165) is 42.9 Å². The summed E-state index contributed by atoms with van der Waals surface area (Å²) in [6.07, 6.45) is 2.66. The smallest absolute Gasteiger partial charge is 0.227 e. The molecular weight excluding hydrogens is 398 g/mol. The first kappa shape index (κ1) is 22.3. The maximum absolute atomic E-state index is 12.8. The number of hydrogen-bond donors (Lipinski definition) is 2. The van der Waals surface area contributed by atoms with Gasteiger partial charge in [0.2, 0.25) is 11.8 Å². The SMILES string of the molecule is CC(C)N1CCC(C(=O)Nc2ccccc2CCC(=O)Nc2ccc(Cl)cc2)CC1. The van der Waals surface area contributed by atoms with Crippen molar-refractivity contribution >= 4 is 34.8 Å². The van der Waals surface area contributed by atoms with Crippen LogP contribution in [0.4, 0.5) is 11.4 Å². The molecule has 0 aliphatic carbocycles. The summed E-state index contributed by atoms with van der Waals surface area (Å²) in [4.78, 5) is 27.5. The fourth-order valence-electron chi connectivity index (χ4n) is 3.78. The Kier molecular flexibility index (Phi) is 7.88. The molecule has 0 atom stereocenters. The zero-order valence-corrected chi connectivity index (χ0v) is 18.4. The molecule has 1 fully saturated rings. The molecule has 1 heterocycles. The molecule has 1 aliphatic rings. The molecular formula is C24H30ClN3O2. The Morgan fingerprint density at radius 1 is 1.03 bits per heavy atom. The molecule has 2 aromatic rings. The van der Waals surface area contributed by atoms with Crippen molar-refractivity contribution in [1.29, 1.82) is 0 Å². The molecule has 3 rings (SSSR count). The van der Waals surface area contributed by atoms with Gasteiger partial charge in [0.05, 0.1) is 0 Å². The minimum absolute atomic E-state index is 0.0428. The van der Waals surface area contributed by atoms with Crippen LogP contribution in [0.1, 0.15) is 38.7 Å². The van der Waals surface area contributed by atoms with Crippen LogP contribution in [-0.4, -0.2) is 35.8 Å². The molecule has 30 heavy (non-hydrogen) atoms. The first-order chi connectivity index (χ1) is 14.4. The second-order valence-electron chi connectivity index (χ2n) is 8.11. The van der Waals surface area contributed by atoms with Gasteiger partial charge in [0.25, 0.3) is 0 Å². The largest absolute Gasteiger partial charge is 0.326 e. The second-order valence-corrected chi connectivity index (χ2v) is 8.54. The van der Waals surface area contributed by atoms with Gasteiger partial charge in [0, 0.05) is 34.8 Å². The van der Waals surface area contributed by atoms with Crippen LogP contribution in [-0.2, 0) is 16.0 Å². The van der Waals surface area contributed by atoms with Crippen molar-refractivity contribution in [2.45, 2.75) is 45.6 Å². The first-order valence-electron chi connectivity index (χ1n) is 10.6. The summed E-state index contributed by atoms with van der Waals surface area (Å²) in [5.41, 5.74) is 2.49. The minimum atomic E-state index is -0.0699. The number of benzene rings is 2. The van der Waals surface area contributed by atoms with Gasteiger partial charge in [-0.25, -0.2) is 0 Å². The molecule has 1 aliphatic heterocycles. The number of amides is 2. The molecule has 160 valence electrons. The van der Waals surface area contributed by atoms with Gasteiger partial charge in [-0.3, -0.25) is 9.59 Å². The molecule has 0 saturated carbocycles. The average Bonchev–Trinajstić information content (AvgIpc) is 2.75. The molecule has 5 nitrogen and oxygen atoms in total. The zero-order chi connectivity index (χ0) is 21.5. The maximum atomic E-state index is 12.8. The number of rotatable bonds is 7. The van der Waals surface area contributed by atoms with Crippen LogP contribution in [0.25, 0.3) is 0 Å². The van der Waals surface area contributed by atoms with Crippen LogP contribution in [0.3, 0.4) is 0 Å². The Morgan fingerprint density at radius 3 is 2.37 bits per heavy atom. The van der Waals surface area contributed by atoms with E-state index in [1.165, 1.54) is 0 Å². The lowest BCUT2D eigenvalue weighted by atomic mass is 9.94. The van der Waals surface area contributed by atoms with Crippen molar-refractivity contribution < 1.29 is 9.59 Å². The Morgan fingerprint density at radius 2 is 1.70 bits per heavy atom. The highest BCUT2D eigenvalue weighted by Gasteiger charge is 2.26. The number of nitrogens with one attached hydrogen (secondary N) is 2. The highest BCUT2D eigenvalue weighted by atomic mass is 35.5. The number of carbonyl (C=O) groups excluding carboxylic acids is 2.